The van der Waals surface area contributed by atoms with Crippen LogP contribution in [0.15, 0.2) is 22.1 Å². The zero-order valence-corrected chi connectivity index (χ0v) is 19.1. The molecule has 168 valence electrons. The molecule has 1 aromatic carbocycles. The maximum absolute atomic E-state index is 13.3. The van der Waals surface area contributed by atoms with Crippen LogP contribution in [-0.2, 0) is 11.3 Å². The number of carbonyl (C=O) groups is 1. The summed E-state index contributed by atoms with van der Waals surface area (Å²) in [6.07, 6.45) is 3.37. The summed E-state index contributed by atoms with van der Waals surface area (Å²) in [4.78, 5) is 30.1. The number of fused-ring (bicyclic) bond motifs is 1. The van der Waals surface area contributed by atoms with Crippen LogP contribution in [0.25, 0.3) is 0 Å². The fourth-order valence-electron chi connectivity index (χ4n) is 3.66. The number of thioether (sulfide) groups is 1. The van der Waals surface area contributed by atoms with Crippen molar-refractivity contribution < 1.29 is 24.1 Å². The number of cyclic esters (lactones) is 1. The number of esters is 1. The number of nitrogens with zero attached hydrogens (tertiary/aromatic N) is 2. The average molecular weight is 449 g/mol. The number of aromatic nitrogens is 2. The molecule has 0 saturated heterocycles. The summed E-state index contributed by atoms with van der Waals surface area (Å²) < 4.78 is 17.6. The van der Waals surface area contributed by atoms with E-state index in [2.05, 4.69) is 11.9 Å². The van der Waals surface area contributed by atoms with Crippen molar-refractivity contribution in [2.75, 3.05) is 20.0 Å². The fraction of sp³-hybridized carbons (Fsp3) is 0.500. The Morgan fingerprint density at radius 1 is 1.16 bits per heavy atom. The van der Waals surface area contributed by atoms with Gasteiger partial charge in [0.2, 0.25) is 5.88 Å². The zero-order chi connectivity index (χ0) is 22.5. The second-order valence-corrected chi connectivity index (χ2v) is 8.20. The van der Waals surface area contributed by atoms with Crippen molar-refractivity contribution in [2.24, 2.45) is 0 Å². The normalized spacial score (nSPS) is 15.0. The highest BCUT2D eigenvalue weighted by Gasteiger charge is 2.40. The first-order chi connectivity index (χ1) is 15.0. The van der Waals surface area contributed by atoms with Crippen molar-refractivity contribution >= 4 is 17.7 Å². The summed E-state index contributed by atoms with van der Waals surface area (Å²) in [5.74, 6) is 0.346. The van der Waals surface area contributed by atoms with Crippen LogP contribution in [0.1, 0.15) is 67.1 Å². The topological polar surface area (TPSA) is 99.9 Å². The Hall–Kier alpha value is -2.68. The highest BCUT2D eigenvalue weighted by molar-refractivity contribution is 7.99. The minimum absolute atomic E-state index is 0.0588. The van der Waals surface area contributed by atoms with Crippen molar-refractivity contribution in [1.82, 2.24) is 9.55 Å². The first kappa shape index (κ1) is 23.0. The molecule has 1 atom stereocenters. The first-order valence-corrected chi connectivity index (χ1v) is 11.4. The van der Waals surface area contributed by atoms with E-state index >= 15 is 0 Å². The van der Waals surface area contributed by atoms with Gasteiger partial charge in [-0.05, 0) is 19.4 Å². The van der Waals surface area contributed by atoms with Crippen molar-refractivity contribution in [3.8, 4) is 17.4 Å². The Labute approximate surface area is 185 Å². The molecule has 2 heterocycles. The predicted octanol–water partition coefficient (Wildman–Crippen LogP) is 3.92. The number of hydrogen-bond acceptors (Lipinski definition) is 8. The molecule has 9 heteroatoms. The van der Waals surface area contributed by atoms with Gasteiger partial charge < -0.3 is 19.3 Å². The number of benzene rings is 1. The van der Waals surface area contributed by atoms with Crippen molar-refractivity contribution in [2.45, 2.75) is 57.3 Å². The minimum Gasteiger partial charge on any atom is -0.493 e. The van der Waals surface area contributed by atoms with Crippen LogP contribution in [0.4, 0.5) is 0 Å². The Bertz CT molecular complexity index is 1020. The fourth-order valence-corrected chi connectivity index (χ4v) is 4.71. The van der Waals surface area contributed by atoms with Gasteiger partial charge >= 0.3 is 5.97 Å². The molecule has 1 aliphatic heterocycles. The highest BCUT2D eigenvalue weighted by Crippen LogP contribution is 2.45. The van der Waals surface area contributed by atoms with Crippen LogP contribution in [0.2, 0.25) is 0 Å². The van der Waals surface area contributed by atoms with E-state index in [1.807, 2.05) is 6.92 Å². The molecule has 0 unspecified atom stereocenters. The third-order valence-electron chi connectivity index (χ3n) is 5.25. The zero-order valence-electron chi connectivity index (χ0n) is 18.3. The number of carbonyl (C=O) groups excluding carboxylic acids is 1. The molecule has 0 aliphatic carbocycles. The molecule has 0 bridgehead atoms. The molecule has 0 radical (unpaired) electrons. The lowest BCUT2D eigenvalue weighted by Crippen LogP contribution is -2.28. The van der Waals surface area contributed by atoms with E-state index in [1.165, 1.54) is 37.0 Å². The van der Waals surface area contributed by atoms with Crippen LogP contribution in [0, 0.1) is 0 Å². The van der Waals surface area contributed by atoms with Gasteiger partial charge in [0.25, 0.3) is 5.56 Å². The van der Waals surface area contributed by atoms with Gasteiger partial charge in [0.05, 0.1) is 14.2 Å². The van der Waals surface area contributed by atoms with Gasteiger partial charge in [-0.2, -0.15) is 4.98 Å². The van der Waals surface area contributed by atoms with Gasteiger partial charge in [0.1, 0.15) is 11.1 Å². The average Bonchev–Trinajstić information content (AvgIpc) is 3.09. The van der Waals surface area contributed by atoms with E-state index in [0.717, 1.165) is 25.0 Å². The van der Waals surface area contributed by atoms with Crippen LogP contribution in [0.3, 0.4) is 0 Å². The van der Waals surface area contributed by atoms with Crippen LogP contribution in [-0.4, -0.2) is 40.6 Å². The Morgan fingerprint density at radius 3 is 2.58 bits per heavy atom. The highest BCUT2D eigenvalue weighted by atomic mass is 32.2. The van der Waals surface area contributed by atoms with E-state index in [9.17, 15) is 14.7 Å². The summed E-state index contributed by atoms with van der Waals surface area (Å²) in [5.41, 5.74) is 0.130. The summed E-state index contributed by atoms with van der Waals surface area (Å²) >= 11 is 1.45. The summed E-state index contributed by atoms with van der Waals surface area (Å²) in [6, 6.07) is 3.27. The molecular weight excluding hydrogens is 420 g/mol. The first-order valence-electron chi connectivity index (χ1n) is 10.4. The number of ether oxygens (including phenoxy) is 3. The molecule has 2 aromatic rings. The Morgan fingerprint density at radius 2 is 1.94 bits per heavy atom. The Kier molecular flexibility index (Phi) is 7.48. The van der Waals surface area contributed by atoms with Gasteiger partial charge in [-0.3, -0.25) is 9.36 Å². The summed E-state index contributed by atoms with van der Waals surface area (Å²) in [6.45, 7) is 4.38. The smallest absolute Gasteiger partial charge is 0.343 e. The molecule has 1 aromatic heterocycles. The monoisotopic (exact) mass is 448 g/mol. The third kappa shape index (κ3) is 4.37. The van der Waals surface area contributed by atoms with Gasteiger partial charge in [-0.1, -0.05) is 44.0 Å². The lowest BCUT2D eigenvalue weighted by atomic mass is 9.99. The number of aromatic hydroxyl groups is 1. The van der Waals surface area contributed by atoms with Crippen molar-refractivity contribution in [3.05, 3.63) is 39.2 Å². The van der Waals surface area contributed by atoms with E-state index < -0.39 is 23.5 Å². The second kappa shape index (κ2) is 10.1. The molecule has 1 N–H and O–H groups in total. The summed E-state index contributed by atoms with van der Waals surface area (Å²) in [5, 5.41) is 11.1. The standard InChI is InChI=1S/C22H28N2O6S/c1-5-7-8-9-12-31-22-23-19(25)16(20(26)24(22)6-2)17-13-10-11-14(28-3)18(29-4)15(13)21(27)30-17/h10-11,17,25H,5-9,12H2,1-4H3/t17-/m1/s1. The summed E-state index contributed by atoms with van der Waals surface area (Å²) in [7, 11) is 2.89. The largest absolute Gasteiger partial charge is 0.493 e. The predicted molar refractivity (Wildman–Crippen MR) is 118 cm³/mol. The number of unbranched alkanes of at least 4 members (excludes halogenated alkanes) is 3. The molecule has 1 aliphatic rings. The van der Waals surface area contributed by atoms with Gasteiger partial charge in [0, 0.05) is 17.9 Å². The quantitative estimate of drug-likeness (QED) is 0.253. The van der Waals surface area contributed by atoms with Crippen molar-refractivity contribution in [3.63, 3.8) is 0 Å². The maximum Gasteiger partial charge on any atom is 0.343 e. The van der Waals surface area contributed by atoms with E-state index in [-0.39, 0.29) is 16.9 Å². The van der Waals surface area contributed by atoms with Crippen LogP contribution < -0.4 is 15.0 Å². The molecule has 0 fully saturated rings. The lowest BCUT2D eigenvalue weighted by Gasteiger charge is -2.16. The van der Waals surface area contributed by atoms with E-state index in [0.29, 0.717) is 23.0 Å². The van der Waals surface area contributed by atoms with Gasteiger partial charge in [-0.15, -0.1) is 0 Å². The van der Waals surface area contributed by atoms with Crippen LogP contribution in [0.5, 0.6) is 17.4 Å². The number of hydrogen-bond donors (Lipinski definition) is 1. The van der Waals surface area contributed by atoms with Crippen molar-refractivity contribution in [1.29, 1.82) is 0 Å². The molecule has 3 rings (SSSR count). The molecule has 31 heavy (non-hydrogen) atoms. The maximum atomic E-state index is 13.3. The Balaban J connectivity index is 2.00. The number of methoxy groups -OCH3 is 2. The SMILES string of the molecule is CCCCCCSc1nc(O)c([C@@H]2OC(=O)c3c2ccc(OC)c3OC)c(=O)n1CC. The molecule has 0 spiro atoms. The molecule has 0 saturated carbocycles. The van der Waals surface area contributed by atoms with Gasteiger partial charge in [0.15, 0.2) is 22.8 Å². The van der Waals surface area contributed by atoms with E-state index in [1.54, 1.807) is 12.1 Å². The second-order valence-electron chi connectivity index (χ2n) is 7.14. The lowest BCUT2D eigenvalue weighted by molar-refractivity contribution is 0.0446. The van der Waals surface area contributed by atoms with Gasteiger partial charge in [-0.25, -0.2) is 4.79 Å². The minimum atomic E-state index is -1.07. The van der Waals surface area contributed by atoms with E-state index in [4.69, 9.17) is 14.2 Å². The third-order valence-corrected chi connectivity index (χ3v) is 6.31. The molecule has 8 nitrogen and oxygen atoms in total. The molecule has 0 amide bonds. The molecular formula is C22H28N2O6S. The van der Waals surface area contributed by atoms with Crippen LogP contribution >= 0.6 is 11.8 Å². The number of rotatable bonds is 10.